The van der Waals surface area contributed by atoms with Gasteiger partial charge in [-0.05, 0) is 32.7 Å². The Balaban J connectivity index is 1.73. The first-order valence-electron chi connectivity index (χ1n) is 7.47. The summed E-state index contributed by atoms with van der Waals surface area (Å²) >= 11 is 0. The molecule has 0 radical (unpaired) electrons. The zero-order valence-corrected chi connectivity index (χ0v) is 11.7. The van der Waals surface area contributed by atoms with E-state index in [0.29, 0.717) is 18.5 Å². The monoisotopic (exact) mass is 253 g/mol. The maximum atomic E-state index is 12.2. The molecule has 0 saturated carbocycles. The Kier molecular flexibility index (Phi) is 5.45. The second-order valence-electron chi connectivity index (χ2n) is 5.63. The van der Waals surface area contributed by atoms with Gasteiger partial charge in [0.05, 0.1) is 6.54 Å². The van der Waals surface area contributed by atoms with Gasteiger partial charge >= 0.3 is 0 Å². The highest BCUT2D eigenvalue weighted by atomic mass is 16.2. The van der Waals surface area contributed by atoms with Crippen molar-refractivity contribution in [3.05, 3.63) is 0 Å². The van der Waals surface area contributed by atoms with Crippen LogP contribution in [0.3, 0.4) is 0 Å². The summed E-state index contributed by atoms with van der Waals surface area (Å²) in [5.41, 5.74) is 0. The molecule has 4 nitrogen and oxygen atoms in total. The predicted octanol–water partition coefficient (Wildman–Crippen LogP) is 1.07. The van der Waals surface area contributed by atoms with Crippen molar-refractivity contribution in [1.29, 1.82) is 0 Å². The molecule has 0 atom stereocenters. The van der Waals surface area contributed by atoms with E-state index in [1.807, 2.05) is 7.05 Å². The molecule has 2 aliphatic heterocycles. The molecule has 0 aromatic heterocycles. The van der Waals surface area contributed by atoms with Gasteiger partial charge in [-0.1, -0.05) is 12.8 Å². The quantitative estimate of drug-likeness (QED) is 0.817. The van der Waals surface area contributed by atoms with Gasteiger partial charge in [0.25, 0.3) is 0 Å². The van der Waals surface area contributed by atoms with Gasteiger partial charge in [-0.15, -0.1) is 0 Å². The Bertz CT molecular complexity index is 254. The number of carbonyl (C=O) groups is 1. The highest BCUT2D eigenvalue weighted by molar-refractivity contribution is 5.78. The van der Waals surface area contributed by atoms with Crippen molar-refractivity contribution < 1.29 is 4.79 Å². The lowest BCUT2D eigenvalue weighted by Gasteiger charge is -2.32. The zero-order chi connectivity index (χ0) is 12.8. The summed E-state index contributed by atoms with van der Waals surface area (Å²) in [5.74, 6) is 0.347. The van der Waals surface area contributed by atoms with Crippen molar-refractivity contribution in [3.63, 3.8) is 0 Å². The summed E-state index contributed by atoms with van der Waals surface area (Å²) in [6.07, 6.45) is 7.30. The minimum Gasteiger partial charge on any atom is -0.342 e. The van der Waals surface area contributed by atoms with Gasteiger partial charge in [-0.2, -0.15) is 0 Å². The molecular formula is C14H27N3O. The van der Waals surface area contributed by atoms with Gasteiger partial charge in [0.2, 0.25) is 5.91 Å². The summed E-state index contributed by atoms with van der Waals surface area (Å²) in [7, 11) is 2.03. The number of piperidine rings is 1. The first-order valence-corrected chi connectivity index (χ1v) is 7.47. The van der Waals surface area contributed by atoms with Crippen LogP contribution in [0.15, 0.2) is 0 Å². The molecule has 2 aliphatic rings. The van der Waals surface area contributed by atoms with Crippen molar-refractivity contribution >= 4 is 5.91 Å². The van der Waals surface area contributed by atoms with E-state index in [4.69, 9.17) is 0 Å². The zero-order valence-electron chi connectivity index (χ0n) is 11.7. The van der Waals surface area contributed by atoms with E-state index in [1.54, 1.807) is 0 Å². The van der Waals surface area contributed by atoms with Crippen LogP contribution < -0.4 is 5.32 Å². The molecule has 1 amide bonds. The molecule has 0 aromatic carbocycles. The van der Waals surface area contributed by atoms with Crippen molar-refractivity contribution in [2.24, 2.45) is 0 Å². The van der Waals surface area contributed by atoms with Gasteiger partial charge in [0.1, 0.15) is 0 Å². The molecule has 0 bridgehead atoms. The Morgan fingerprint density at radius 1 is 1.06 bits per heavy atom. The fourth-order valence-electron chi connectivity index (χ4n) is 2.99. The van der Waals surface area contributed by atoms with Crippen LogP contribution in [-0.2, 0) is 4.79 Å². The lowest BCUT2D eigenvalue weighted by Crippen LogP contribution is -2.46. The first-order chi connectivity index (χ1) is 8.79. The van der Waals surface area contributed by atoms with Crippen LogP contribution in [-0.4, -0.2) is 61.5 Å². The Morgan fingerprint density at radius 2 is 1.67 bits per heavy atom. The van der Waals surface area contributed by atoms with E-state index in [0.717, 1.165) is 26.2 Å². The van der Waals surface area contributed by atoms with Gasteiger partial charge < -0.3 is 10.2 Å². The molecule has 4 heteroatoms. The molecule has 2 fully saturated rings. The number of hydrogen-bond donors (Lipinski definition) is 1. The minimum atomic E-state index is 0.347. The molecular weight excluding hydrogens is 226 g/mol. The summed E-state index contributed by atoms with van der Waals surface area (Å²) in [5, 5.41) is 3.33. The van der Waals surface area contributed by atoms with E-state index in [2.05, 4.69) is 15.1 Å². The molecule has 1 N–H and O–H groups in total. The predicted molar refractivity (Wildman–Crippen MR) is 73.6 cm³/mol. The van der Waals surface area contributed by atoms with E-state index >= 15 is 0 Å². The molecule has 2 saturated heterocycles. The van der Waals surface area contributed by atoms with Gasteiger partial charge in [-0.25, -0.2) is 0 Å². The molecule has 2 heterocycles. The number of carbonyl (C=O) groups excluding carboxylic acids is 1. The first kappa shape index (κ1) is 13.8. The van der Waals surface area contributed by atoms with E-state index in [1.165, 1.54) is 38.5 Å². The van der Waals surface area contributed by atoms with E-state index in [-0.39, 0.29) is 0 Å². The van der Waals surface area contributed by atoms with E-state index in [9.17, 15) is 4.79 Å². The highest BCUT2D eigenvalue weighted by Crippen LogP contribution is 2.12. The van der Waals surface area contributed by atoms with Crippen LogP contribution >= 0.6 is 0 Å². The van der Waals surface area contributed by atoms with Gasteiger partial charge in [0, 0.05) is 32.2 Å². The Morgan fingerprint density at radius 3 is 2.22 bits per heavy atom. The van der Waals surface area contributed by atoms with Crippen LogP contribution in [0, 0.1) is 0 Å². The topological polar surface area (TPSA) is 35.6 Å². The van der Waals surface area contributed by atoms with E-state index < -0.39 is 0 Å². The second-order valence-corrected chi connectivity index (χ2v) is 5.63. The normalized spacial score (nSPS) is 23.9. The largest absolute Gasteiger partial charge is 0.342 e. The molecule has 0 unspecified atom stereocenters. The molecule has 2 rings (SSSR count). The number of hydrogen-bond acceptors (Lipinski definition) is 3. The second kappa shape index (κ2) is 7.10. The fourth-order valence-corrected chi connectivity index (χ4v) is 2.99. The van der Waals surface area contributed by atoms with Crippen molar-refractivity contribution in [1.82, 2.24) is 15.1 Å². The summed E-state index contributed by atoms with van der Waals surface area (Å²) < 4.78 is 0. The number of nitrogens with one attached hydrogen (secondary N) is 1. The Hall–Kier alpha value is -0.610. The smallest absolute Gasteiger partial charge is 0.236 e. The average molecular weight is 253 g/mol. The lowest BCUT2D eigenvalue weighted by atomic mass is 10.1. The highest BCUT2D eigenvalue weighted by Gasteiger charge is 2.22. The maximum absolute atomic E-state index is 12.2. The maximum Gasteiger partial charge on any atom is 0.236 e. The fraction of sp³-hybridized carbons (Fsp3) is 0.929. The number of nitrogens with zero attached hydrogens (tertiary/aromatic N) is 2. The van der Waals surface area contributed by atoms with Crippen molar-refractivity contribution in [2.45, 2.75) is 44.6 Å². The SMILES string of the molecule is CNC1CCN(CC(=O)N2CCCCCC2)CC1. The van der Waals surface area contributed by atoms with Crippen LogP contribution in [0.4, 0.5) is 0 Å². The average Bonchev–Trinajstić information content (AvgIpc) is 2.68. The summed E-state index contributed by atoms with van der Waals surface area (Å²) in [6.45, 7) is 4.71. The molecule has 0 aliphatic carbocycles. The van der Waals surface area contributed by atoms with Crippen LogP contribution in [0.5, 0.6) is 0 Å². The molecule has 104 valence electrons. The summed E-state index contributed by atoms with van der Waals surface area (Å²) in [6, 6.07) is 0.648. The number of likely N-dealkylation sites (tertiary alicyclic amines) is 2. The summed E-state index contributed by atoms with van der Waals surface area (Å²) in [4.78, 5) is 16.6. The Labute approximate surface area is 111 Å². The molecule has 18 heavy (non-hydrogen) atoms. The number of amides is 1. The van der Waals surface area contributed by atoms with Gasteiger partial charge in [0.15, 0.2) is 0 Å². The standard InChI is InChI=1S/C14H27N3O/c1-15-13-6-10-16(11-7-13)12-14(18)17-8-4-2-3-5-9-17/h13,15H,2-12H2,1H3. The third kappa shape index (κ3) is 3.95. The van der Waals surface area contributed by atoms with Crippen molar-refractivity contribution in [3.8, 4) is 0 Å². The van der Waals surface area contributed by atoms with Crippen LogP contribution in [0.1, 0.15) is 38.5 Å². The lowest BCUT2D eigenvalue weighted by molar-refractivity contribution is -0.132. The number of rotatable bonds is 3. The van der Waals surface area contributed by atoms with Crippen LogP contribution in [0.2, 0.25) is 0 Å². The molecule has 0 aromatic rings. The third-order valence-electron chi connectivity index (χ3n) is 4.31. The molecule has 0 spiro atoms. The van der Waals surface area contributed by atoms with Crippen LogP contribution in [0.25, 0.3) is 0 Å². The third-order valence-corrected chi connectivity index (χ3v) is 4.31. The van der Waals surface area contributed by atoms with Gasteiger partial charge in [-0.3, -0.25) is 9.69 Å². The minimum absolute atomic E-state index is 0.347. The van der Waals surface area contributed by atoms with Crippen molar-refractivity contribution in [2.75, 3.05) is 39.8 Å².